The summed E-state index contributed by atoms with van der Waals surface area (Å²) in [6, 6.07) is 12.0. The molecule has 5 nitrogen and oxygen atoms in total. The first-order valence-electron chi connectivity index (χ1n) is 8.26. The summed E-state index contributed by atoms with van der Waals surface area (Å²) in [5.74, 6) is 1.73. The second-order valence-corrected chi connectivity index (χ2v) is 9.25. The van der Waals surface area contributed by atoms with Gasteiger partial charge in [-0.1, -0.05) is 26.0 Å². The van der Waals surface area contributed by atoms with Crippen LogP contribution in [-0.2, 0) is 10.0 Å². The summed E-state index contributed by atoms with van der Waals surface area (Å²) >= 11 is 2.07. The fourth-order valence-corrected chi connectivity index (χ4v) is 4.84. The number of ether oxygens (including phenoxy) is 2. The van der Waals surface area contributed by atoms with Crippen LogP contribution in [0.3, 0.4) is 0 Å². The number of halogens is 1. The van der Waals surface area contributed by atoms with Crippen molar-refractivity contribution in [2.45, 2.75) is 31.2 Å². The molecule has 0 fully saturated rings. The monoisotopic (exact) mass is 489 g/mol. The molecule has 0 aromatic heterocycles. The minimum Gasteiger partial charge on any atom is -0.497 e. The molecule has 0 heterocycles. The van der Waals surface area contributed by atoms with Gasteiger partial charge in [0.05, 0.1) is 22.7 Å². The van der Waals surface area contributed by atoms with Crippen LogP contribution in [0.25, 0.3) is 0 Å². The van der Waals surface area contributed by atoms with Crippen molar-refractivity contribution in [1.82, 2.24) is 4.72 Å². The zero-order chi connectivity index (χ0) is 19.3. The van der Waals surface area contributed by atoms with E-state index in [2.05, 4.69) is 41.2 Å². The first-order chi connectivity index (χ1) is 12.3. The SMILES string of the molecule is COc1ccc(C(CC(C)C)NS(=O)(=O)c2ccc(OC)c(I)c2)cc1. The van der Waals surface area contributed by atoms with Crippen LogP contribution in [0.4, 0.5) is 0 Å². The minimum atomic E-state index is -3.66. The molecule has 0 saturated carbocycles. The molecule has 0 radical (unpaired) electrons. The Balaban J connectivity index is 2.32. The fourth-order valence-electron chi connectivity index (χ4n) is 2.63. The number of benzene rings is 2. The third-order valence-corrected chi connectivity index (χ3v) is 6.27. The molecule has 142 valence electrons. The van der Waals surface area contributed by atoms with E-state index in [0.29, 0.717) is 18.1 Å². The summed E-state index contributed by atoms with van der Waals surface area (Å²) < 4.78 is 39.8. The summed E-state index contributed by atoms with van der Waals surface area (Å²) in [6.45, 7) is 4.14. The Kier molecular flexibility index (Phi) is 7.31. The van der Waals surface area contributed by atoms with Crippen LogP contribution < -0.4 is 14.2 Å². The number of methoxy groups -OCH3 is 2. The second kappa shape index (κ2) is 9.05. The molecule has 0 aliphatic carbocycles. The molecule has 0 spiro atoms. The van der Waals surface area contributed by atoms with Gasteiger partial charge in [-0.25, -0.2) is 13.1 Å². The van der Waals surface area contributed by atoms with Crippen LogP contribution in [0, 0.1) is 9.49 Å². The molecule has 0 amide bonds. The number of nitrogens with one attached hydrogen (secondary N) is 1. The largest absolute Gasteiger partial charge is 0.497 e. The van der Waals surface area contributed by atoms with E-state index in [1.165, 1.54) is 0 Å². The summed E-state index contributed by atoms with van der Waals surface area (Å²) in [6.07, 6.45) is 0.693. The van der Waals surface area contributed by atoms with Crippen molar-refractivity contribution in [3.8, 4) is 11.5 Å². The lowest BCUT2D eigenvalue weighted by atomic mass is 9.98. The zero-order valence-corrected chi connectivity index (χ0v) is 18.3. The van der Waals surface area contributed by atoms with Crippen molar-refractivity contribution in [3.05, 3.63) is 51.6 Å². The van der Waals surface area contributed by atoms with Gasteiger partial charge in [-0.3, -0.25) is 0 Å². The molecule has 0 aliphatic rings. The Morgan fingerprint density at radius 1 is 1.04 bits per heavy atom. The van der Waals surface area contributed by atoms with Crippen molar-refractivity contribution in [3.63, 3.8) is 0 Å². The van der Waals surface area contributed by atoms with Crippen molar-refractivity contribution >= 4 is 32.6 Å². The Morgan fingerprint density at radius 2 is 1.69 bits per heavy atom. The standard InChI is InChI=1S/C19H24INO4S/c1-13(2)11-18(14-5-7-15(24-3)8-6-14)21-26(22,23)16-9-10-19(25-4)17(20)12-16/h5-10,12-13,18,21H,11H2,1-4H3. The predicted octanol–water partition coefficient (Wildman–Crippen LogP) is 4.37. The van der Waals surface area contributed by atoms with Crippen LogP contribution in [0.1, 0.15) is 31.9 Å². The molecule has 1 N–H and O–H groups in total. The van der Waals surface area contributed by atoms with Gasteiger partial charge in [0.25, 0.3) is 0 Å². The lowest BCUT2D eigenvalue weighted by molar-refractivity contribution is 0.411. The molecule has 0 bridgehead atoms. The van der Waals surface area contributed by atoms with E-state index < -0.39 is 10.0 Å². The van der Waals surface area contributed by atoms with Crippen LogP contribution in [0.5, 0.6) is 11.5 Å². The van der Waals surface area contributed by atoms with E-state index in [4.69, 9.17) is 9.47 Å². The van der Waals surface area contributed by atoms with E-state index in [1.54, 1.807) is 32.4 Å². The highest BCUT2D eigenvalue weighted by molar-refractivity contribution is 14.1. The summed E-state index contributed by atoms with van der Waals surface area (Å²) in [5, 5.41) is 0. The Bertz CT molecular complexity index is 835. The molecular weight excluding hydrogens is 465 g/mol. The van der Waals surface area contributed by atoms with E-state index >= 15 is 0 Å². The second-order valence-electron chi connectivity index (χ2n) is 6.37. The number of hydrogen-bond donors (Lipinski definition) is 1. The van der Waals surface area contributed by atoms with Crippen LogP contribution in [-0.4, -0.2) is 22.6 Å². The summed E-state index contributed by atoms with van der Waals surface area (Å²) in [5.41, 5.74) is 0.909. The summed E-state index contributed by atoms with van der Waals surface area (Å²) in [7, 11) is -0.491. The molecule has 0 aliphatic heterocycles. The fraction of sp³-hybridized carbons (Fsp3) is 0.368. The Morgan fingerprint density at radius 3 is 2.19 bits per heavy atom. The lowest BCUT2D eigenvalue weighted by Gasteiger charge is -2.21. The maximum Gasteiger partial charge on any atom is 0.241 e. The molecule has 1 atom stereocenters. The molecule has 2 aromatic rings. The van der Waals surface area contributed by atoms with E-state index in [1.807, 2.05) is 24.3 Å². The average molecular weight is 489 g/mol. The van der Waals surface area contributed by atoms with Gasteiger partial charge in [0.2, 0.25) is 10.0 Å². The molecule has 2 rings (SSSR count). The van der Waals surface area contributed by atoms with Gasteiger partial charge in [0.15, 0.2) is 0 Å². The number of rotatable bonds is 8. The van der Waals surface area contributed by atoms with Crippen molar-refractivity contribution in [2.75, 3.05) is 14.2 Å². The molecular formula is C19H24INO4S. The number of sulfonamides is 1. The van der Waals surface area contributed by atoms with Gasteiger partial charge in [-0.05, 0) is 70.8 Å². The minimum absolute atomic E-state index is 0.227. The maximum absolute atomic E-state index is 12.9. The highest BCUT2D eigenvalue weighted by Crippen LogP contribution is 2.28. The van der Waals surface area contributed by atoms with Crippen LogP contribution in [0.2, 0.25) is 0 Å². The van der Waals surface area contributed by atoms with Gasteiger partial charge >= 0.3 is 0 Å². The third kappa shape index (κ3) is 5.34. The highest BCUT2D eigenvalue weighted by atomic mass is 127. The van der Waals surface area contributed by atoms with E-state index in [9.17, 15) is 8.42 Å². The maximum atomic E-state index is 12.9. The molecule has 7 heteroatoms. The van der Waals surface area contributed by atoms with E-state index in [-0.39, 0.29) is 10.9 Å². The van der Waals surface area contributed by atoms with Crippen molar-refractivity contribution < 1.29 is 17.9 Å². The van der Waals surface area contributed by atoms with Gasteiger partial charge < -0.3 is 9.47 Å². The van der Waals surface area contributed by atoms with Gasteiger partial charge in [0.1, 0.15) is 11.5 Å². The van der Waals surface area contributed by atoms with Crippen LogP contribution >= 0.6 is 22.6 Å². The lowest BCUT2D eigenvalue weighted by Crippen LogP contribution is -2.29. The van der Waals surface area contributed by atoms with Crippen molar-refractivity contribution in [2.24, 2.45) is 5.92 Å². The Labute approximate surface area is 169 Å². The quantitative estimate of drug-likeness (QED) is 0.560. The zero-order valence-electron chi connectivity index (χ0n) is 15.3. The van der Waals surface area contributed by atoms with E-state index in [0.717, 1.165) is 14.9 Å². The first kappa shape index (κ1) is 21.0. The number of hydrogen-bond acceptors (Lipinski definition) is 4. The Hall–Kier alpha value is -1.32. The highest BCUT2D eigenvalue weighted by Gasteiger charge is 2.23. The van der Waals surface area contributed by atoms with Crippen LogP contribution in [0.15, 0.2) is 47.4 Å². The topological polar surface area (TPSA) is 64.6 Å². The molecule has 0 saturated heterocycles. The molecule has 1 unspecified atom stereocenters. The average Bonchev–Trinajstić information content (AvgIpc) is 2.60. The third-order valence-electron chi connectivity index (χ3n) is 3.96. The van der Waals surface area contributed by atoms with Crippen molar-refractivity contribution in [1.29, 1.82) is 0 Å². The van der Waals surface area contributed by atoms with Gasteiger partial charge in [-0.2, -0.15) is 0 Å². The predicted molar refractivity (Wildman–Crippen MR) is 111 cm³/mol. The smallest absolute Gasteiger partial charge is 0.241 e. The molecule has 2 aromatic carbocycles. The van der Waals surface area contributed by atoms with Gasteiger partial charge in [-0.15, -0.1) is 0 Å². The normalized spacial score (nSPS) is 12.8. The van der Waals surface area contributed by atoms with Gasteiger partial charge in [0, 0.05) is 6.04 Å². The molecule has 26 heavy (non-hydrogen) atoms. The first-order valence-corrected chi connectivity index (χ1v) is 10.8. The summed E-state index contributed by atoms with van der Waals surface area (Å²) in [4.78, 5) is 0.227.